The van der Waals surface area contributed by atoms with Crippen LogP contribution >= 0.6 is 0 Å². The van der Waals surface area contributed by atoms with Crippen molar-refractivity contribution in [3.8, 4) is 5.75 Å². The van der Waals surface area contributed by atoms with Crippen LogP contribution in [0.25, 0.3) is 0 Å². The van der Waals surface area contributed by atoms with E-state index in [0.717, 1.165) is 14.2 Å². The monoisotopic (exact) mass is 266 g/mol. The smallest absolute Gasteiger partial charge is 0.320 e. The van der Waals surface area contributed by atoms with Crippen molar-refractivity contribution in [1.29, 1.82) is 0 Å². The minimum absolute atomic E-state index is 0.0420. The lowest BCUT2D eigenvalue weighted by Gasteiger charge is -2.11. The average molecular weight is 266 g/mol. The van der Waals surface area contributed by atoms with E-state index in [9.17, 15) is 19.5 Å². The first-order valence-corrected chi connectivity index (χ1v) is 5.48. The highest BCUT2D eigenvalue weighted by Gasteiger charge is 2.32. The minimum Gasteiger partial charge on any atom is -0.507 e. The Balaban J connectivity index is 2.91. The molecule has 0 saturated heterocycles. The second-order valence-corrected chi connectivity index (χ2v) is 3.74. The third-order valence-corrected chi connectivity index (χ3v) is 2.57. The van der Waals surface area contributed by atoms with E-state index in [2.05, 4.69) is 9.47 Å². The van der Waals surface area contributed by atoms with Crippen molar-refractivity contribution in [3.05, 3.63) is 29.8 Å². The van der Waals surface area contributed by atoms with E-state index in [-0.39, 0.29) is 11.3 Å². The van der Waals surface area contributed by atoms with Crippen LogP contribution in [0.15, 0.2) is 24.3 Å². The fourth-order valence-corrected chi connectivity index (χ4v) is 1.55. The zero-order valence-corrected chi connectivity index (χ0v) is 10.6. The lowest BCUT2D eigenvalue weighted by Crippen LogP contribution is -2.29. The highest BCUT2D eigenvalue weighted by atomic mass is 16.5. The Morgan fingerprint density at radius 1 is 1.11 bits per heavy atom. The van der Waals surface area contributed by atoms with E-state index in [4.69, 9.17) is 0 Å². The summed E-state index contributed by atoms with van der Waals surface area (Å²) in [5.74, 6) is -3.78. The Morgan fingerprint density at radius 2 is 1.63 bits per heavy atom. The number of phenols is 1. The van der Waals surface area contributed by atoms with Crippen LogP contribution in [0.3, 0.4) is 0 Å². The van der Waals surface area contributed by atoms with Gasteiger partial charge >= 0.3 is 11.9 Å². The van der Waals surface area contributed by atoms with Gasteiger partial charge in [-0.2, -0.15) is 0 Å². The predicted molar refractivity (Wildman–Crippen MR) is 64.6 cm³/mol. The first-order valence-electron chi connectivity index (χ1n) is 5.48. The van der Waals surface area contributed by atoms with Gasteiger partial charge in [-0.1, -0.05) is 12.1 Å². The summed E-state index contributed by atoms with van der Waals surface area (Å²) in [6, 6.07) is 5.88. The van der Waals surface area contributed by atoms with E-state index < -0.39 is 30.1 Å². The predicted octanol–water partition coefficient (Wildman–Crippen LogP) is 0.927. The lowest BCUT2D eigenvalue weighted by atomic mass is 9.98. The second-order valence-electron chi connectivity index (χ2n) is 3.74. The Morgan fingerprint density at radius 3 is 2.11 bits per heavy atom. The van der Waals surface area contributed by atoms with E-state index in [1.165, 1.54) is 12.1 Å². The number of ketones is 1. The van der Waals surface area contributed by atoms with Gasteiger partial charge in [-0.15, -0.1) is 0 Å². The Hall–Kier alpha value is -2.37. The molecule has 6 heteroatoms. The van der Waals surface area contributed by atoms with Crippen LogP contribution < -0.4 is 0 Å². The normalized spacial score (nSPS) is 10.1. The van der Waals surface area contributed by atoms with Crippen LogP contribution in [0.2, 0.25) is 0 Å². The first-order chi connectivity index (χ1) is 9.01. The molecule has 0 amide bonds. The molecule has 0 unspecified atom stereocenters. The first kappa shape index (κ1) is 14.7. The number of para-hydroxylation sites is 1. The Bertz CT molecular complexity index is 478. The second kappa shape index (κ2) is 6.53. The van der Waals surface area contributed by atoms with Crippen LogP contribution in [0.5, 0.6) is 5.75 Å². The summed E-state index contributed by atoms with van der Waals surface area (Å²) in [5.41, 5.74) is 0.0420. The van der Waals surface area contributed by atoms with Crippen molar-refractivity contribution in [3.63, 3.8) is 0 Å². The number of hydrogen-bond acceptors (Lipinski definition) is 6. The SMILES string of the molecule is COC(=O)C(CC(=O)c1ccccc1O)C(=O)OC. The van der Waals surface area contributed by atoms with Gasteiger partial charge in [0.1, 0.15) is 5.75 Å². The van der Waals surface area contributed by atoms with Gasteiger partial charge in [0, 0.05) is 6.42 Å². The molecular weight excluding hydrogens is 252 g/mol. The van der Waals surface area contributed by atoms with Gasteiger partial charge in [0.25, 0.3) is 0 Å². The summed E-state index contributed by atoms with van der Waals surface area (Å²) < 4.78 is 8.90. The molecular formula is C13H14O6. The molecule has 1 N–H and O–H groups in total. The van der Waals surface area contributed by atoms with Crippen LogP contribution in [-0.2, 0) is 19.1 Å². The molecule has 0 aliphatic rings. The maximum absolute atomic E-state index is 11.9. The van der Waals surface area contributed by atoms with Gasteiger partial charge in [-0.25, -0.2) is 0 Å². The Labute approximate surface area is 109 Å². The molecule has 0 spiro atoms. The van der Waals surface area contributed by atoms with Gasteiger partial charge < -0.3 is 14.6 Å². The summed E-state index contributed by atoms with van der Waals surface area (Å²) in [7, 11) is 2.23. The van der Waals surface area contributed by atoms with E-state index >= 15 is 0 Å². The van der Waals surface area contributed by atoms with E-state index in [1.807, 2.05) is 0 Å². The summed E-state index contributed by atoms with van der Waals surface area (Å²) in [6.07, 6.45) is -0.420. The number of methoxy groups -OCH3 is 2. The van der Waals surface area contributed by atoms with Crippen molar-refractivity contribution >= 4 is 17.7 Å². The van der Waals surface area contributed by atoms with Gasteiger partial charge in [0.2, 0.25) is 0 Å². The molecule has 0 aromatic heterocycles. The zero-order valence-electron chi connectivity index (χ0n) is 10.6. The van der Waals surface area contributed by atoms with Crippen LogP contribution in [0, 0.1) is 5.92 Å². The van der Waals surface area contributed by atoms with Crippen molar-refractivity contribution in [1.82, 2.24) is 0 Å². The van der Waals surface area contributed by atoms with Crippen LogP contribution in [0.4, 0.5) is 0 Å². The number of esters is 2. The number of aromatic hydroxyl groups is 1. The molecule has 0 aliphatic heterocycles. The molecule has 102 valence electrons. The molecule has 0 aliphatic carbocycles. The third kappa shape index (κ3) is 3.54. The molecule has 0 radical (unpaired) electrons. The number of hydrogen-bond donors (Lipinski definition) is 1. The summed E-state index contributed by atoms with van der Waals surface area (Å²) in [6.45, 7) is 0. The standard InChI is InChI=1S/C13H14O6/c1-18-12(16)9(13(17)19-2)7-11(15)8-5-3-4-6-10(8)14/h3-6,9,14H,7H2,1-2H3. The Kier molecular flexibility index (Phi) is 5.05. The summed E-state index contributed by atoms with van der Waals surface area (Å²) in [4.78, 5) is 34.8. The number of benzene rings is 1. The number of phenolic OH excluding ortho intramolecular Hbond substituents is 1. The molecule has 1 rings (SSSR count). The molecule has 1 aromatic carbocycles. The van der Waals surface area contributed by atoms with Crippen LogP contribution in [-0.4, -0.2) is 37.0 Å². The van der Waals surface area contributed by atoms with Crippen molar-refractivity contribution < 1.29 is 29.0 Å². The quantitative estimate of drug-likeness (QED) is 0.484. The topological polar surface area (TPSA) is 89.9 Å². The highest BCUT2D eigenvalue weighted by Crippen LogP contribution is 2.20. The molecule has 19 heavy (non-hydrogen) atoms. The van der Waals surface area contributed by atoms with Crippen molar-refractivity contribution in [2.24, 2.45) is 5.92 Å². The fraction of sp³-hybridized carbons (Fsp3) is 0.308. The van der Waals surface area contributed by atoms with Gasteiger partial charge in [-0.05, 0) is 12.1 Å². The summed E-state index contributed by atoms with van der Waals surface area (Å²) in [5, 5.41) is 9.53. The number of rotatable bonds is 5. The molecule has 0 saturated carbocycles. The molecule has 0 bridgehead atoms. The lowest BCUT2D eigenvalue weighted by molar-refractivity contribution is -0.158. The highest BCUT2D eigenvalue weighted by molar-refractivity contribution is 6.05. The third-order valence-electron chi connectivity index (χ3n) is 2.57. The molecule has 0 heterocycles. The maximum atomic E-state index is 11.9. The number of carbonyl (C=O) groups excluding carboxylic acids is 3. The van der Waals surface area contributed by atoms with E-state index in [1.54, 1.807) is 12.1 Å². The number of Topliss-reactive ketones (excluding diaryl/α,β-unsaturated/α-hetero) is 1. The molecule has 1 aromatic rings. The minimum atomic E-state index is -1.33. The van der Waals surface area contributed by atoms with E-state index in [0.29, 0.717) is 0 Å². The molecule has 0 fully saturated rings. The van der Waals surface area contributed by atoms with Gasteiger partial charge in [0.05, 0.1) is 19.8 Å². The average Bonchev–Trinajstić information content (AvgIpc) is 2.43. The number of ether oxygens (including phenoxy) is 2. The van der Waals surface area contributed by atoms with Gasteiger partial charge in [-0.3, -0.25) is 14.4 Å². The molecule has 6 nitrogen and oxygen atoms in total. The van der Waals surface area contributed by atoms with Crippen molar-refractivity contribution in [2.75, 3.05) is 14.2 Å². The maximum Gasteiger partial charge on any atom is 0.320 e. The number of carbonyl (C=O) groups is 3. The zero-order chi connectivity index (χ0) is 14.4. The van der Waals surface area contributed by atoms with Gasteiger partial charge in [0.15, 0.2) is 11.7 Å². The van der Waals surface area contributed by atoms with Crippen LogP contribution in [0.1, 0.15) is 16.8 Å². The molecule has 0 atom stereocenters. The fourth-order valence-electron chi connectivity index (χ4n) is 1.55. The largest absolute Gasteiger partial charge is 0.507 e. The van der Waals surface area contributed by atoms with Crippen molar-refractivity contribution in [2.45, 2.75) is 6.42 Å². The summed E-state index contributed by atoms with van der Waals surface area (Å²) >= 11 is 0.